The Hall–Kier alpha value is -2.18. The molecule has 0 aromatic carbocycles. The van der Waals surface area contributed by atoms with E-state index in [0.717, 1.165) is 21.2 Å². The molecular weight excluding hydrogens is 344 g/mol. The first-order valence-electron chi connectivity index (χ1n) is 7.51. The van der Waals surface area contributed by atoms with E-state index in [1.54, 1.807) is 17.4 Å². The summed E-state index contributed by atoms with van der Waals surface area (Å²) in [6.45, 7) is 5.87. The number of halogens is 1. The van der Waals surface area contributed by atoms with E-state index in [2.05, 4.69) is 15.3 Å². The fraction of sp³-hybridized carbons (Fsp3) is 0.235. The Morgan fingerprint density at radius 3 is 2.88 bits per heavy atom. The summed E-state index contributed by atoms with van der Waals surface area (Å²) in [5.41, 5.74) is 2.38. The number of amides is 1. The van der Waals surface area contributed by atoms with Gasteiger partial charge in [-0.2, -0.15) is 0 Å². The Balaban J connectivity index is 1.75. The van der Waals surface area contributed by atoms with Crippen LogP contribution in [0.25, 0.3) is 11.7 Å². The number of rotatable bonds is 4. The molecule has 1 atom stereocenters. The van der Waals surface area contributed by atoms with Crippen LogP contribution in [0.15, 0.2) is 30.5 Å². The van der Waals surface area contributed by atoms with Crippen LogP contribution in [0.3, 0.4) is 0 Å². The highest BCUT2D eigenvalue weighted by atomic mass is 35.5. The lowest BCUT2D eigenvalue weighted by Crippen LogP contribution is -2.24. The number of imidazole rings is 1. The molecule has 0 spiro atoms. The average Bonchev–Trinajstić information content (AvgIpc) is 3.03. The third kappa shape index (κ3) is 3.34. The number of fused-ring (bicyclic) bond motifs is 1. The van der Waals surface area contributed by atoms with E-state index in [1.807, 2.05) is 49.6 Å². The number of nitrogens with one attached hydrogen (secondary N) is 1. The van der Waals surface area contributed by atoms with Crippen molar-refractivity contribution >= 4 is 40.6 Å². The van der Waals surface area contributed by atoms with Crippen LogP contribution in [-0.4, -0.2) is 20.3 Å². The first-order chi connectivity index (χ1) is 11.5. The van der Waals surface area contributed by atoms with Crippen LogP contribution in [0.4, 0.5) is 0 Å². The third-order valence-corrected chi connectivity index (χ3v) is 5.14. The van der Waals surface area contributed by atoms with Crippen LogP contribution in [0, 0.1) is 13.8 Å². The molecule has 0 aliphatic rings. The standard InChI is InChI=1S/C17H17ClN4OS/c1-10-16(24-12(3)19-10)11(2)20-15(23)8-7-13-17(18)21-14-6-4-5-9-22(13)14/h4-9,11H,1-3H3,(H,20,23)/b8-7+/t11-/m0/s1. The molecule has 0 aliphatic carbocycles. The fourth-order valence-electron chi connectivity index (χ4n) is 2.57. The number of thiazole rings is 1. The second-order valence-corrected chi connectivity index (χ2v) is 7.06. The Kier molecular flexibility index (Phi) is 4.69. The van der Waals surface area contributed by atoms with E-state index in [4.69, 9.17) is 11.6 Å². The number of hydrogen-bond acceptors (Lipinski definition) is 4. The molecule has 5 nitrogen and oxygen atoms in total. The first-order valence-corrected chi connectivity index (χ1v) is 8.70. The van der Waals surface area contributed by atoms with Gasteiger partial charge >= 0.3 is 0 Å². The summed E-state index contributed by atoms with van der Waals surface area (Å²) in [5, 5.41) is 4.32. The SMILES string of the molecule is Cc1nc(C)c([C@H](C)NC(=O)/C=C/c2c(Cl)nc3ccccn23)s1. The predicted molar refractivity (Wildman–Crippen MR) is 97.4 cm³/mol. The summed E-state index contributed by atoms with van der Waals surface area (Å²) in [4.78, 5) is 21.9. The van der Waals surface area contributed by atoms with E-state index in [1.165, 1.54) is 6.08 Å². The number of hydrogen-bond donors (Lipinski definition) is 1. The summed E-state index contributed by atoms with van der Waals surface area (Å²) in [6, 6.07) is 5.55. The molecule has 0 saturated carbocycles. The van der Waals surface area contributed by atoms with Crippen molar-refractivity contribution in [3.8, 4) is 0 Å². The van der Waals surface area contributed by atoms with E-state index in [-0.39, 0.29) is 11.9 Å². The first kappa shape index (κ1) is 16.7. The van der Waals surface area contributed by atoms with Gasteiger partial charge in [0.05, 0.1) is 22.4 Å². The molecule has 3 aromatic rings. The van der Waals surface area contributed by atoms with Gasteiger partial charge in [-0.05, 0) is 39.0 Å². The molecule has 7 heteroatoms. The maximum atomic E-state index is 12.2. The molecule has 0 aliphatic heterocycles. The fourth-order valence-corrected chi connectivity index (χ4v) is 3.74. The van der Waals surface area contributed by atoms with Gasteiger partial charge in [-0.3, -0.25) is 9.20 Å². The molecule has 24 heavy (non-hydrogen) atoms. The zero-order valence-electron chi connectivity index (χ0n) is 13.6. The highest BCUT2D eigenvalue weighted by Crippen LogP contribution is 2.24. The maximum absolute atomic E-state index is 12.2. The van der Waals surface area contributed by atoms with Gasteiger partial charge in [0.15, 0.2) is 5.15 Å². The lowest BCUT2D eigenvalue weighted by atomic mass is 10.2. The number of nitrogens with zero attached hydrogens (tertiary/aromatic N) is 3. The van der Waals surface area contributed by atoms with Crippen molar-refractivity contribution in [1.29, 1.82) is 0 Å². The minimum atomic E-state index is -0.185. The number of aromatic nitrogens is 3. The maximum Gasteiger partial charge on any atom is 0.244 e. The molecule has 0 bridgehead atoms. The molecule has 0 fully saturated rings. The van der Waals surface area contributed by atoms with Crippen molar-refractivity contribution in [2.45, 2.75) is 26.8 Å². The molecule has 3 heterocycles. The zero-order chi connectivity index (χ0) is 17.3. The van der Waals surface area contributed by atoms with Gasteiger partial charge < -0.3 is 5.32 Å². The second-order valence-electron chi connectivity index (χ2n) is 5.46. The zero-order valence-corrected chi connectivity index (χ0v) is 15.1. The summed E-state index contributed by atoms with van der Waals surface area (Å²) < 4.78 is 1.84. The van der Waals surface area contributed by atoms with E-state index in [9.17, 15) is 4.79 Å². The molecule has 3 rings (SSSR count). The molecule has 3 aromatic heterocycles. The van der Waals surface area contributed by atoms with Crippen molar-refractivity contribution in [2.24, 2.45) is 0 Å². The highest BCUT2D eigenvalue weighted by Gasteiger charge is 2.14. The summed E-state index contributed by atoms with van der Waals surface area (Å²) >= 11 is 7.75. The van der Waals surface area contributed by atoms with Crippen LogP contribution in [0.1, 0.15) is 34.2 Å². The molecule has 0 unspecified atom stereocenters. The monoisotopic (exact) mass is 360 g/mol. The Bertz CT molecular complexity index is 928. The van der Waals surface area contributed by atoms with Crippen LogP contribution >= 0.6 is 22.9 Å². The van der Waals surface area contributed by atoms with Crippen molar-refractivity contribution < 1.29 is 4.79 Å². The minimum absolute atomic E-state index is 0.0917. The number of carbonyl (C=O) groups excluding carboxylic acids is 1. The summed E-state index contributed by atoms with van der Waals surface area (Å²) in [5.74, 6) is -0.185. The topological polar surface area (TPSA) is 59.3 Å². The molecular formula is C17H17ClN4OS. The lowest BCUT2D eigenvalue weighted by molar-refractivity contribution is -0.117. The van der Waals surface area contributed by atoms with E-state index in [0.29, 0.717) is 10.8 Å². The molecule has 1 N–H and O–H groups in total. The van der Waals surface area contributed by atoms with E-state index >= 15 is 0 Å². The quantitative estimate of drug-likeness (QED) is 0.716. The minimum Gasteiger partial charge on any atom is -0.345 e. The van der Waals surface area contributed by atoms with Gasteiger partial charge in [0.2, 0.25) is 5.91 Å². The summed E-state index contributed by atoms with van der Waals surface area (Å²) in [6.07, 6.45) is 5.01. The normalized spacial score (nSPS) is 12.8. The van der Waals surface area contributed by atoms with Crippen molar-refractivity contribution in [2.75, 3.05) is 0 Å². The van der Waals surface area contributed by atoms with Gasteiger partial charge in [0.1, 0.15) is 5.65 Å². The summed E-state index contributed by atoms with van der Waals surface area (Å²) in [7, 11) is 0. The number of aryl methyl sites for hydroxylation is 2. The number of pyridine rings is 1. The third-order valence-electron chi connectivity index (χ3n) is 3.61. The van der Waals surface area contributed by atoms with Gasteiger partial charge in [-0.1, -0.05) is 17.7 Å². The van der Waals surface area contributed by atoms with Crippen LogP contribution in [0.5, 0.6) is 0 Å². The highest BCUT2D eigenvalue weighted by molar-refractivity contribution is 7.11. The van der Waals surface area contributed by atoms with Gasteiger partial charge in [0.25, 0.3) is 0 Å². The largest absolute Gasteiger partial charge is 0.345 e. The van der Waals surface area contributed by atoms with E-state index < -0.39 is 0 Å². The van der Waals surface area contributed by atoms with Crippen LogP contribution < -0.4 is 5.32 Å². The predicted octanol–water partition coefficient (Wildman–Crippen LogP) is 3.95. The van der Waals surface area contributed by atoms with Gasteiger partial charge in [-0.25, -0.2) is 9.97 Å². The number of carbonyl (C=O) groups is 1. The van der Waals surface area contributed by atoms with Crippen molar-refractivity contribution in [1.82, 2.24) is 19.7 Å². The van der Waals surface area contributed by atoms with Crippen molar-refractivity contribution in [3.05, 3.63) is 56.9 Å². The van der Waals surface area contributed by atoms with Gasteiger partial charge in [0, 0.05) is 17.2 Å². The lowest BCUT2D eigenvalue weighted by Gasteiger charge is -2.11. The average molecular weight is 361 g/mol. The Morgan fingerprint density at radius 1 is 1.38 bits per heavy atom. The van der Waals surface area contributed by atoms with Crippen LogP contribution in [-0.2, 0) is 4.79 Å². The molecule has 0 saturated heterocycles. The molecule has 1 amide bonds. The van der Waals surface area contributed by atoms with Gasteiger partial charge in [-0.15, -0.1) is 11.3 Å². The smallest absolute Gasteiger partial charge is 0.244 e. The second kappa shape index (κ2) is 6.75. The molecule has 0 radical (unpaired) electrons. The van der Waals surface area contributed by atoms with Crippen LogP contribution in [0.2, 0.25) is 5.15 Å². The van der Waals surface area contributed by atoms with Crippen molar-refractivity contribution in [3.63, 3.8) is 0 Å². The molecule has 124 valence electrons. The Labute approximate surface area is 149 Å². The Morgan fingerprint density at radius 2 is 2.17 bits per heavy atom.